The van der Waals surface area contributed by atoms with E-state index < -0.39 is 5.97 Å². The summed E-state index contributed by atoms with van der Waals surface area (Å²) in [6.45, 7) is 0. The van der Waals surface area contributed by atoms with Gasteiger partial charge in [0, 0.05) is 25.0 Å². The molecule has 0 unspecified atom stereocenters. The molecule has 0 aliphatic rings. The van der Waals surface area contributed by atoms with Gasteiger partial charge in [-0.3, -0.25) is 4.98 Å². The van der Waals surface area contributed by atoms with Crippen LogP contribution in [-0.4, -0.2) is 25.8 Å². The van der Waals surface area contributed by atoms with Gasteiger partial charge in [-0.2, -0.15) is 5.10 Å². The summed E-state index contributed by atoms with van der Waals surface area (Å²) in [6, 6.07) is 12.9. The molecule has 1 N–H and O–H groups in total. The highest BCUT2D eigenvalue weighted by Crippen LogP contribution is 2.15. The van der Waals surface area contributed by atoms with E-state index >= 15 is 0 Å². The van der Waals surface area contributed by atoms with Crippen LogP contribution in [-0.2, 0) is 6.42 Å². The molecule has 5 heteroatoms. The molecule has 0 spiro atoms. The maximum atomic E-state index is 11.2. The van der Waals surface area contributed by atoms with Crippen LogP contribution in [0.5, 0.6) is 0 Å². The van der Waals surface area contributed by atoms with Crippen molar-refractivity contribution in [3.8, 4) is 5.69 Å². The lowest BCUT2D eigenvalue weighted by Gasteiger charge is -2.07. The second kappa shape index (κ2) is 5.58. The highest BCUT2D eigenvalue weighted by molar-refractivity contribution is 5.88. The first kappa shape index (κ1) is 13.1. The van der Waals surface area contributed by atoms with Crippen LogP contribution < -0.4 is 0 Å². The Morgan fingerprint density at radius 1 is 1.14 bits per heavy atom. The van der Waals surface area contributed by atoms with Gasteiger partial charge >= 0.3 is 5.97 Å². The van der Waals surface area contributed by atoms with Crippen molar-refractivity contribution in [2.24, 2.45) is 0 Å². The lowest BCUT2D eigenvalue weighted by atomic mass is 10.0. The third-order valence-corrected chi connectivity index (χ3v) is 3.17. The van der Waals surface area contributed by atoms with Gasteiger partial charge in [-0.05, 0) is 35.9 Å². The number of carbonyl (C=O) groups is 1. The number of pyridine rings is 1. The summed E-state index contributed by atoms with van der Waals surface area (Å²) < 4.78 is 1.76. The second-order valence-electron chi connectivity index (χ2n) is 4.60. The van der Waals surface area contributed by atoms with E-state index in [9.17, 15) is 9.90 Å². The van der Waals surface area contributed by atoms with Gasteiger partial charge in [0.2, 0.25) is 0 Å². The van der Waals surface area contributed by atoms with Crippen molar-refractivity contribution >= 4 is 5.97 Å². The highest BCUT2D eigenvalue weighted by Gasteiger charge is 2.11. The predicted octanol–water partition coefficient (Wildman–Crippen LogP) is 2.56. The fourth-order valence-electron chi connectivity index (χ4n) is 2.20. The molecule has 0 aliphatic heterocycles. The summed E-state index contributed by atoms with van der Waals surface area (Å²) in [6.07, 6.45) is 5.66. The predicted molar refractivity (Wildman–Crippen MR) is 77.6 cm³/mol. The lowest BCUT2D eigenvalue weighted by molar-refractivity contribution is 0.0695. The third-order valence-electron chi connectivity index (χ3n) is 3.17. The average molecular weight is 279 g/mol. The Morgan fingerprint density at radius 2 is 2.05 bits per heavy atom. The van der Waals surface area contributed by atoms with Crippen LogP contribution in [0.1, 0.15) is 21.6 Å². The van der Waals surface area contributed by atoms with Crippen molar-refractivity contribution in [2.45, 2.75) is 6.42 Å². The molecule has 5 nitrogen and oxygen atoms in total. The first-order chi connectivity index (χ1) is 10.2. The van der Waals surface area contributed by atoms with Crippen molar-refractivity contribution in [1.82, 2.24) is 14.8 Å². The Balaban J connectivity index is 1.93. The first-order valence-electron chi connectivity index (χ1n) is 6.50. The molecule has 0 saturated carbocycles. The summed E-state index contributed by atoms with van der Waals surface area (Å²) in [5, 5.41) is 13.4. The molecule has 0 radical (unpaired) electrons. The van der Waals surface area contributed by atoms with Gasteiger partial charge in [-0.15, -0.1) is 0 Å². The van der Waals surface area contributed by atoms with Crippen molar-refractivity contribution in [3.05, 3.63) is 77.9 Å². The molecule has 0 atom stereocenters. The van der Waals surface area contributed by atoms with Crippen LogP contribution in [0, 0.1) is 0 Å². The minimum atomic E-state index is -0.957. The lowest BCUT2D eigenvalue weighted by Crippen LogP contribution is -2.05. The maximum Gasteiger partial charge on any atom is 0.337 e. The topological polar surface area (TPSA) is 68.0 Å². The van der Waals surface area contributed by atoms with Gasteiger partial charge in [-0.1, -0.05) is 12.1 Å². The van der Waals surface area contributed by atoms with Crippen molar-refractivity contribution in [1.29, 1.82) is 0 Å². The van der Waals surface area contributed by atoms with Gasteiger partial charge in [0.1, 0.15) is 0 Å². The minimum absolute atomic E-state index is 0.238. The summed E-state index contributed by atoms with van der Waals surface area (Å²) in [5.41, 5.74) is 2.72. The molecule has 1 aromatic carbocycles. The van der Waals surface area contributed by atoms with Gasteiger partial charge in [0.15, 0.2) is 0 Å². The normalized spacial score (nSPS) is 10.5. The molecule has 0 bridgehead atoms. The van der Waals surface area contributed by atoms with Crippen LogP contribution in [0.25, 0.3) is 5.69 Å². The average Bonchev–Trinajstić information content (AvgIpc) is 3.02. The van der Waals surface area contributed by atoms with E-state index in [1.165, 1.54) is 0 Å². The van der Waals surface area contributed by atoms with E-state index in [4.69, 9.17) is 0 Å². The van der Waals surface area contributed by atoms with E-state index in [0.29, 0.717) is 12.1 Å². The summed E-state index contributed by atoms with van der Waals surface area (Å²) in [4.78, 5) is 15.4. The molecular weight excluding hydrogens is 266 g/mol. The molecule has 3 rings (SSSR count). The summed E-state index contributed by atoms with van der Waals surface area (Å²) >= 11 is 0. The van der Waals surface area contributed by atoms with Gasteiger partial charge in [0.05, 0.1) is 16.9 Å². The minimum Gasteiger partial charge on any atom is -0.478 e. The number of aromatic nitrogens is 3. The third kappa shape index (κ3) is 2.81. The van der Waals surface area contributed by atoms with Gasteiger partial charge < -0.3 is 5.11 Å². The number of rotatable bonds is 4. The smallest absolute Gasteiger partial charge is 0.337 e. The zero-order chi connectivity index (χ0) is 14.7. The highest BCUT2D eigenvalue weighted by atomic mass is 16.4. The fraction of sp³-hybridized carbons (Fsp3) is 0.0625. The molecule has 0 saturated heterocycles. The Hall–Kier alpha value is -2.95. The van der Waals surface area contributed by atoms with Crippen molar-refractivity contribution in [3.63, 3.8) is 0 Å². The maximum absolute atomic E-state index is 11.2. The molecule has 2 aromatic heterocycles. The molecular formula is C16H13N3O2. The number of hydrogen-bond donors (Lipinski definition) is 1. The molecule has 3 aromatic rings. The second-order valence-corrected chi connectivity index (χ2v) is 4.60. The molecule has 104 valence electrons. The molecule has 2 heterocycles. The van der Waals surface area contributed by atoms with Crippen molar-refractivity contribution < 1.29 is 9.90 Å². The van der Waals surface area contributed by atoms with Crippen LogP contribution in [0.15, 0.2) is 61.1 Å². The SMILES string of the molecule is O=C(O)c1cccnc1Cc1cccc(-n2cccn2)c1. The zero-order valence-corrected chi connectivity index (χ0v) is 11.2. The fourth-order valence-corrected chi connectivity index (χ4v) is 2.20. The van der Waals surface area contributed by atoms with E-state index in [0.717, 1.165) is 11.3 Å². The molecule has 0 amide bonds. The Bertz CT molecular complexity index is 767. The number of benzene rings is 1. The summed E-state index contributed by atoms with van der Waals surface area (Å²) in [5.74, 6) is -0.957. The van der Waals surface area contributed by atoms with Gasteiger partial charge in [0.25, 0.3) is 0 Å². The van der Waals surface area contributed by atoms with Crippen LogP contribution in [0.4, 0.5) is 0 Å². The van der Waals surface area contributed by atoms with Crippen molar-refractivity contribution in [2.75, 3.05) is 0 Å². The van der Waals surface area contributed by atoms with E-state index in [-0.39, 0.29) is 5.56 Å². The van der Waals surface area contributed by atoms with Crippen LogP contribution in [0.2, 0.25) is 0 Å². The summed E-state index contributed by atoms with van der Waals surface area (Å²) in [7, 11) is 0. The quantitative estimate of drug-likeness (QED) is 0.797. The standard InChI is InChI=1S/C16H13N3O2/c20-16(21)14-6-2-7-17-15(14)11-12-4-1-5-13(10-12)19-9-3-8-18-19/h1-10H,11H2,(H,20,21). The molecule has 0 fully saturated rings. The molecule has 0 aliphatic carbocycles. The van der Waals surface area contributed by atoms with E-state index in [1.54, 1.807) is 29.2 Å². The van der Waals surface area contributed by atoms with Gasteiger partial charge in [-0.25, -0.2) is 9.48 Å². The van der Waals surface area contributed by atoms with Crippen LogP contribution in [0.3, 0.4) is 0 Å². The van der Waals surface area contributed by atoms with E-state index in [2.05, 4.69) is 10.1 Å². The number of aromatic carboxylic acids is 1. The molecule has 21 heavy (non-hydrogen) atoms. The first-order valence-corrected chi connectivity index (χ1v) is 6.50. The number of carboxylic acid groups (broad SMARTS) is 1. The number of nitrogens with zero attached hydrogens (tertiary/aromatic N) is 3. The Kier molecular flexibility index (Phi) is 3.47. The Morgan fingerprint density at radius 3 is 2.81 bits per heavy atom. The van der Waals surface area contributed by atoms with E-state index in [1.807, 2.05) is 36.5 Å². The number of carboxylic acids is 1. The van der Waals surface area contributed by atoms with Crippen LogP contribution >= 0.6 is 0 Å². The monoisotopic (exact) mass is 279 g/mol. The largest absolute Gasteiger partial charge is 0.478 e. The number of hydrogen-bond acceptors (Lipinski definition) is 3. The zero-order valence-electron chi connectivity index (χ0n) is 11.2. The Labute approximate surface area is 121 Å².